The number of nitrogens with zero attached hydrogens (tertiary/aromatic N) is 2. The largest absolute Gasteiger partial charge is 0.488 e. The molecule has 0 atom stereocenters. The minimum atomic E-state index is 0.493. The number of ether oxygens (including phenoxy) is 2. The molecule has 0 bridgehead atoms. The van der Waals surface area contributed by atoms with Gasteiger partial charge in [0, 0.05) is 18.7 Å². The third-order valence-electron chi connectivity index (χ3n) is 4.13. The molecule has 0 saturated carbocycles. The van der Waals surface area contributed by atoms with Crippen molar-refractivity contribution in [1.29, 1.82) is 0 Å². The average Bonchev–Trinajstić information content (AvgIpc) is 2.83. The molecule has 3 rings (SSSR count). The lowest BCUT2D eigenvalue weighted by Gasteiger charge is -2.14. The summed E-state index contributed by atoms with van der Waals surface area (Å²) in [5.41, 5.74) is 4.00. The molecule has 0 aliphatic carbocycles. The number of rotatable bonds is 5. The summed E-state index contributed by atoms with van der Waals surface area (Å²) in [4.78, 5) is 0. The van der Waals surface area contributed by atoms with E-state index in [2.05, 4.69) is 5.10 Å². The molecule has 0 N–H and O–H groups in total. The molecule has 0 radical (unpaired) electrons. The Balaban J connectivity index is 1.85. The highest BCUT2D eigenvalue weighted by Crippen LogP contribution is 2.36. The minimum absolute atomic E-state index is 0.493. The van der Waals surface area contributed by atoms with Gasteiger partial charge in [0.25, 0.3) is 0 Å². The van der Waals surface area contributed by atoms with E-state index in [1.54, 1.807) is 4.68 Å². The van der Waals surface area contributed by atoms with Crippen molar-refractivity contribution in [2.45, 2.75) is 27.4 Å². The molecule has 0 spiro atoms. The van der Waals surface area contributed by atoms with Crippen molar-refractivity contribution in [3.05, 3.63) is 69.9 Å². The van der Waals surface area contributed by atoms with Crippen LogP contribution in [0.15, 0.2) is 42.5 Å². The Bertz CT molecular complexity index is 888. The monoisotopic (exact) mass is 356 g/mol. The van der Waals surface area contributed by atoms with Gasteiger partial charge < -0.3 is 9.47 Å². The van der Waals surface area contributed by atoms with Crippen molar-refractivity contribution in [2.24, 2.45) is 7.05 Å². The van der Waals surface area contributed by atoms with Gasteiger partial charge in [-0.25, -0.2) is 4.68 Å². The van der Waals surface area contributed by atoms with Crippen molar-refractivity contribution in [2.75, 3.05) is 0 Å². The Labute approximate surface area is 153 Å². The maximum Gasteiger partial charge on any atom is 0.220 e. The summed E-state index contributed by atoms with van der Waals surface area (Å²) in [5, 5.41) is 4.91. The molecular formula is C20H21ClN2O2. The molecule has 0 aliphatic rings. The van der Waals surface area contributed by atoms with Crippen molar-refractivity contribution in [1.82, 2.24) is 9.78 Å². The van der Waals surface area contributed by atoms with E-state index in [0.717, 1.165) is 28.1 Å². The highest BCUT2D eigenvalue weighted by Gasteiger charge is 2.15. The van der Waals surface area contributed by atoms with E-state index >= 15 is 0 Å². The maximum absolute atomic E-state index is 6.37. The molecule has 1 aromatic heterocycles. The normalized spacial score (nSPS) is 10.8. The summed E-state index contributed by atoms with van der Waals surface area (Å²) in [7, 11) is 1.85. The second kappa shape index (κ2) is 7.19. The number of hydrogen-bond acceptors (Lipinski definition) is 3. The van der Waals surface area contributed by atoms with E-state index in [1.807, 2.05) is 70.3 Å². The van der Waals surface area contributed by atoms with E-state index in [4.69, 9.17) is 21.1 Å². The lowest BCUT2D eigenvalue weighted by molar-refractivity contribution is 0.302. The molecule has 0 aliphatic heterocycles. The second-order valence-corrected chi connectivity index (χ2v) is 6.47. The predicted molar refractivity (Wildman–Crippen MR) is 99.7 cm³/mol. The van der Waals surface area contributed by atoms with Gasteiger partial charge in [-0.1, -0.05) is 41.9 Å². The van der Waals surface area contributed by atoms with E-state index < -0.39 is 0 Å². The summed E-state index contributed by atoms with van der Waals surface area (Å²) in [6.45, 7) is 6.39. The van der Waals surface area contributed by atoms with Gasteiger partial charge in [0.1, 0.15) is 12.4 Å². The van der Waals surface area contributed by atoms with E-state index in [1.165, 1.54) is 0 Å². The van der Waals surface area contributed by atoms with Crippen LogP contribution in [-0.4, -0.2) is 9.78 Å². The van der Waals surface area contributed by atoms with Gasteiger partial charge in [0.05, 0.1) is 10.7 Å². The van der Waals surface area contributed by atoms with Gasteiger partial charge >= 0.3 is 0 Å². The topological polar surface area (TPSA) is 36.3 Å². The summed E-state index contributed by atoms with van der Waals surface area (Å²) in [6.07, 6.45) is 0. The fraction of sp³-hybridized carbons (Fsp3) is 0.250. The van der Waals surface area contributed by atoms with Crippen LogP contribution in [0.25, 0.3) is 0 Å². The summed E-state index contributed by atoms with van der Waals surface area (Å²) in [5.74, 6) is 1.98. The molecule has 3 aromatic rings. The lowest BCUT2D eigenvalue weighted by atomic mass is 10.2. The van der Waals surface area contributed by atoms with Crippen LogP contribution in [-0.2, 0) is 13.7 Å². The molecule has 0 amide bonds. The molecule has 5 heteroatoms. The Morgan fingerprint density at radius 3 is 2.40 bits per heavy atom. The number of aryl methyl sites for hydroxylation is 3. The smallest absolute Gasteiger partial charge is 0.220 e. The lowest BCUT2D eigenvalue weighted by Crippen LogP contribution is -1.99. The molecule has 0 saturated heterocycles. The number of hydrogen-bond donors (Lipinski definition) is 0. The molecule has 1 heterocycles. The molecule has 2 aromatic carbocycles. The second-order valence-electron chi connectivity index (χ2n) is 6.06. The molecule has 0 fully saturated rings. The molecule has 4 nitrogen and oxygen atoms in total. The third-order valence-corrected chi connectivity index (χ3v) is 4.43. The zero-order chi connectivity index (χ0) is 18.0. The van der Waals surface area contributed by atoms with Crippen LogP contribution < -0.4 is 9.47 Å². The van der Waals surface area contributed by atoms with Crippen LogP contribution in [0.1, 0.15) is 22.4 Å². The fourth-order valence-corrected chi connectivity index (χ4v) is 2.85. The van der Waals surface area contributed by atoms with E-state index in [-0.39, 0.29) is 0 Å². The van der Waals surface area contributed by atoms with Crippen molar-refractivity contribution < 1.29 is 9.47 Å². The Morgan fingerprint density at radius 2 is 1.76 bits per heavy atom. The van der Waals surface area contributed by atoms with E-state index in [0.29, 0.717) is 23.3 Å². The van der Waals surface area contributed by atoms with Crippen LogP contribution in [0.2, 0.25) is 5.02 Å². The van der Waals surface area contributed by atoms with Crippen molar-refractivity contribution in [3.8, 4) is 17.4 Å². The van der Waals surface area contributed by atoms with E-state index in [9.17, 15) is 0 Å². The Kier molecular flexibility index (Phi) is 5.00. The quantitative estimate of drug-likeness (QED) is 0.616. The zero-order valence-electron chi connectivity index (χ0n) is 14.8. The van der Waals surface area contributed by atoms with Crippen LogP contribution in [0.4, 0.5) is 0 Å². The Hall–Kier alpha value is -2.46. The van der Waals surface area contributed by atoms with Crippen LogP contribution in [0.3, 0.4) is 0 Å². The fourth-order valence-electron chi connectivity index (χ4n) is 2.59. The first-order valence-electron chi connectivity index (χ1n) is 8.10. The highest BCUT2D eigenvalue weighted by molar-refractivity contribution is 6.32. The third kappa shape index (κ3) is 3.80. The van der Waals surface area contributed by atoms with Gasteiger partial charge in [-0.2, -0.15) is 5.10 Å². The molecular weight excluding hydrogens is 336 g/mol. The first-order chi connectivity index (χ1) is 12.0. The van der Waals surface area contributed by atoms with Gasteiger partial charge in [0.15, 0.2) is 5.75 Å². The van der Waals surface area contributed by atoms with Crippen molar-refractivity contribution in [3.63, 3.8) is 0 Å². The summed E-state index contributed by atoms with van der Waals surface area (Å²) < 4.78 is 13.7. The maximum atomic E-state index is 6.37. The van der Waals surface area contributed by atoms with Gasteiger partial charge in [-0.05, 0) is 38.0 Å². The molecule has 0 unspecified atom stereocenters. The van der Waals surface area contributed by atoms with Gasteiger partial charge in [-0.15, -0.1) is 0 Å². The first kappa shape index (κ1) is 17.4. The average molecular weight is 357 g/mol. The number of benzene rings is 2. The minimum Gasteiger partial charge on any atom is -0.488 e. The molecule has 130 valence electrons. The summed E-state index contributed by atoms with van der Waals surface area (Å²) >= 11 is 6.37. The highest BCUT2D eigenvalue weighted by atomic mass is 35.5. The van der Waals surface area contributed by atoms with Crippen LogP contribution in [0.5, 0.6) is 17.4 Å². The van der Waals surface area contributed by atoms with Crippen LogP contribution >= 0.6 is 11.6 Å². The zero-order valence-corrected chi connectivity index (χ0v) is 15.6. The standard InChI is InChI=1S/C20H21ClN2O2/c1-13-10-17(21)19(25-20-14(2)15(3)22-23(20)4)11-18(13)24-12-16-8-6-5-7-9-16/h5-11H,12H2,1-4H3. The van der Waals surface area contributed by atoms with Crippen LogP contribution in [0, 0.1) is 20.8 Å². The number of aromatic nitrogens is 2. The van der Waals surface area contributed by atoms with Crippen molar-refractivity contribution >= 4 is 11.6 Å². The Morgan fingerprint density at radius 1 is 1.04 bits per heavy atom. The first-order valence-corrected chi connectivity index (χ1v) is 8.48. The predicted octanol–water partition coefficient (Wildman–Crippen LogP) is 5.37. The SMILES string of the molecule is Cc1cc(Cl)c(Oc2c(C)c(C)nn2C)cc1OCc1ccccc1. The van der Waals surface area contributed by atoms with Gasteiger partial charge in [-0.3, -0.25) is 0 Å². The van der Waals surface area contributed by atoms with Gasteiger partial charge in [0.2, 0.25) is 5.88 Å². The summed E-state index contributed by atoms with van der Waals surface area (Å²) in [6, 6.07) is 13.7. The number of halogens is 1. The molecule has 25 heavy (non-hydrogen) atoms.